The Balaban J connectivity index is 3.39. The van der Waals surface area contributed by atoms with Crippen molar-refractivity contribution in [2.75, 3.05) is 18.9 Å². The van der Waals surface area contributed by atoms with Crippen molar-refractivity contribution in [3.05, 3.63) is 29.8 Å². The predicted molar refractivity (Wildman–Crippen MR) is 116 cm³/mol. The van der Waals surface area contributed by atoms with Gasteiger partial charge in [-0.15, -0.1) is 0 Å². The van der Waals surface area contributed by atoms with Crippen LogP contribution in [0.25, 0.3) is 0 Å². The minimum Gasteiger partial charge on any atom is -0.399 e. The minimum atomic E-state index is -3.48. The van der Waals surface area contributed by atoms with Crippen LogP contribution in [0.2, 0.25) is 0 Å². The number of hydroxylamine groups is 2. The van der Waals surface area contributed by atoms with Crippen LogP contribution in [0.4, 0.5) is 5.69 Å². The van der Waals surface area contributed by atoms with Crippen molar-refractivity contribution in [1.29, 1.82) is 0 Å². The number of nitrogens with zero attached hydrogens (tertiary/aromatic N) is 1. The van der Waals surface area contributed by atoms with E-state index >= 15 is 0 Å². The third-order valence-electron chi connectivity index (χ3n) is 4.25. The molecule has 0 radical (unpaired) electrons. The van der Waals surface area contributed by atoms with E-state index < -0.39 is 24.3 Å². The molecule has 0 aliphatic carbocycles. The summed E-state index contributed by atoms with van der Waals surface area (Å²) in [5, 5.41) is 1.81. The second-order valence-electron chi connectivity index (χ2n) is 9.03. The summed E-state index contributed by atoms with van der Waals surface area (Å²) in [5.74, 6) is -0.587. The Morgan fingerprint density at radius 2 is 1.46 bits per heavy atom. The Morgan fingerprint density at radius 1 is 1.00 bits per heavy atom. The number of hydrogen-bond acceptors (Lipinski definition) is 6. The third-order valence-corrected chi connectivity index (χ3v) is 7.07. The molecule has 2 unspecified atom stereocenters. The van der Waals surface area contributed by atoms with E-state index in [1.165, 1.54) is 0 Å². The van der Waals surface area contributed by atoms with Crippen molar-refractivity contribution >= 4 is 13.3 Å². The van der Waals surface area contributed by atoms with Gasteiger partial charge in [-0.2, -0.15) is 5.06 Å². The zero-order valence-electron chi connectivity index (χ0n) is 19.0. The average molecular weight is 415 g/mol. The van der Waals surface area contributed by atoms with Crippen LogP contribution < -0.4 is 5.73 Å². The molecule has 28 heavy (non-hydrogen) atoms. The fourth-order valence-corrected chi connectivity index (χ4v) is 5.76. The molecule has 0 fully saturated rings. The SMILES string of the molecule is CCOP(=O)(OCC)C(N(OC(C)c1ccc(N)cc1)C(C)(C)C)C(C)(C)C. The standard InChI is InChI=1S/C21H39N2O4P/c1-10-25-28(24,26-11-2)19(20(4,5)6)23(21(7,8)9)27-16(3)17-12-14-18(22)15-13-17/h12-16,19H,10-11,22H2,1-9H3. The summed E-state index contributed by atoms with van der Waals surface area (Å²) in [6, 6.07) is 7.58. The van der Waals surface area contributed by atoms with Gasteiger partial charge in [-0.05, 0) is 64.7 Å². The summed E-state index contributed by atoms with van der Waals surface area (Å²) in [4.78, 5) is 6.43. The van der Waals surface area contributed by atoms with Gasteiger partial charge in [0.25, 0.3) is 0 Å². The summed E-state index contributed by atoms with van der Waals surface area (Å²) in [6.45, 7) is 18.4. The van der Waals surface area contributed by atoms with E-state index in [9.17, 15) is 4.57 Å². The quantitative estimate of drug-likeness (QED) is 0.303. The van der Waals surface area contributed by atoms with E-state index in [1.807, 2.05) is 86.6 Å². The molecule has 0 saturated heterocycles. The van der Waals surface area contributed by atoms with E-state index in [1.54, 1.807) is 5.06 Å². The van der Waals surface area contributed by atoms with Crippen LogP contribution in [0.1, 0.15) is 74.0 Å². The topological polar surface area (TPSA) is 74.0 Å². The van der Waals surface area contributed by atoms with Gasteiger partial charge in [-0.1, -0.05) is 32.9 Å². The molecule has 0 aliphatic heterocycles. The maximum atomic E-state index is 13.8. The van der Waals surface area contributed by atoms with Crippen molar-refractivity contribution in [3.63, 3.8) is 0 Å². The normalized spacial score (nSPS) is 15.6. The predicted octanol–water partition coefficient (Wildman–Crippen LogP) is 6.00. The monoisotopic (exact) mass is 414 g/mol. The van der Waals surface area contributed by atoms with E-state index in [0.29, 0.717) is 18.9 Å². The van der Waals surface area contributed by atoms with Gasteiger partial charge >= 0.3 is 7.60 Å². The van der Waals surface area contributed by atoms with Crippen LogP contribution in [0, 0.1) is 5.41 Å². The van der Waals surface area contributed by atoms with Crippen molar-refractivity contribution in [2.45, 2.75) is 79.7 Å². The molecular formula is C21H39N2O4P. The highest BCUT2D eigenvalue weighted by Gasteiger charge is 2.51. The fraction of sp³-hybridized carbons (Fsp3) is 0.714. The van der Waals surface area contributed by atoms with Gasteiger partial charge in [0, 0.05) is 11.2 Å². The van der Waals surface area contributed by atoms with Crippen molar-refractivity contribution in [1.82, 2.24) is 5.06 Å². The number of nitrogens with two attached hydrogens (primary N) is 1. The zero-order valence-corrected chi connectivity index (χ0v) is 19.9. The number of benzene rings is 1. The first-order valence-corrected chi connectivity index (χ1v) is 11.6. The van der Waals surface area contributed by atoms with Crippen molar-refractivity contribution in [2.24, 2.45) is 5.41 Å². The third kappa shape index (κ3) is 6.57. The highest BCUT2D eigenvalue weighted by molar-refractivity contribution is 7.54. The molecule has 0 amide bonds. The summed E-state index contributed by atoms with van der Waals surface area (Å²) in [7, 11) is -3.48. The molecule has 7 heteroatoms. The summed E-state index contributed by atoms with van der Waals surface area (Å²) in [6.07, 6.45) is -0.263. The lowest BCUT2D eigenvalue weighted by Crippen LogP contribution is -2.53. The molecule has 1 rings (SSSR count). The molecule has 6 nitrogen and oxygen atoms in total. The van der Waals surface area contributed by atoms with E-state index in [0.717, 1.165) is 5.56 Å². The average Bonchev–Trinajstić information content (AvgIpc) is 2.53. The van der Waals surface area contributed by atoms with Crippen LogP contribution in [0.3, 0.4) is 0 Å². The lowest BCUT2D eigenvalue weighted by atomic mass is 9.94. The number of rotatable bonds is 9. The Hall–Kier alpha value is -0.910. The van der Waals surface area contributed by atoms with E-state index in [2.05, 4.69) is 0 Å². The maximum absolute atomic E-state index is 13.8. The van der Waals surface area contributed by atoms with Crippen LogP contribution in [-0.4, -0.2) is 29.6 Å². The van der Waals surface area contributed by atoms with Gasteiger partial charge in [0.05, 0.1) is 13.2 Å². The second kappa shape index (κ2) is 9.73. The highest BCUT2D eigenvalue weighted by atomic mass is 31.2. The summed E-state index contributed by atoms with van der Waals surface area (Å²) >= 11 is 0. The second-order valence-corrected chi connectivity index (χ2v) is 11.1. The minimum absolute atomic E-state index is 0.263. The fourth-order valence-electron chi connectivity index (χ4n) is 3.07. The molecule has 2 N–H and O–H groups in total. The number of hydrogen-bond donors (Lipinski definition) is 1. The molecule has 0 bridgehead atoms. The Bertz CT molecular complexity index is 640. The van der Waals surface area contributed by atoms with Gasteiger partial charge in [0.1, 0.15) is 11.9 Å². The number of anilines is 1. The lowest BCUT2D eigenvalue weighted by molar-refractivity contribution is -0.264. The van der Waals surface area contributed by atoms with E-state index in [4.69, 9.17) is 19.6 Å². The van der Waals surface area contributed by atoms with Crippen LogP contribution in [0.5, 0.6) is 0 Å². The summed E-state index contributed by atoms with van der Waals surface area (Å²) < 4.78 is 25.3. The van der Waals surface area contributed by atoms with Gasteiger partial charge in [0.15, 0.2) is 0 Å². The number of nitrogen functional groups attached to an aromatic ring is 1. The molecule has 0 saturated carbocycles. The summed E-state index contributed by atoms with van der Waals surface area (Å²) in [5.41, 5.74) is 6.63. The molecule has 0 aliphatic rings. The Morgan fingerprint density at radius 3 is 1.82 bits per heavy atom. The van der Waals surface area contributed by atoms with Crippen molar-refractivity contribution < 1.29 is 18.5 Å². The first kappa shape index (κ1) is 25.1. The van der Waals surface area contributed by atoms with Gasteiger partial charge in [-0.3, -0.25) is 9.40 Å². The van der Waals surface area contributed by atoms with Gasteiger partial charge in [-0.25, -0.2) is 0 Å². The highest BCUT2D eigenvalue weighted by Crippen LogP contribution is 2.61. The van der Waals surface area contributed by atoms with Gasteiger partial charge < -0.3 is 14.8 Å². The first-order chi connectivity index (χ1) is 12.8. The molecule has 0 spiro atoms. The molecule has 1 aromatic carbocycles. The smallest absolute Gasteiger partial charge is 0.350 e. The molecule has 1 aromatic rings. The van der Waals surface area contributed by atoms with Crippen LogP contribution in [0.15, 0.2) is 24.3 Å². The lowest BCUT2D eigenvalue weighted by Gasteiger charge is -2.48. The molecular weight excluding hydrogens is 375 g/mol. The van der Waals surface area contributed by atoms with Gasteiger partial charge in [0.2, 0.25) is 0 Å². The Kier molecular flexibility index (Phi) is 8.73. The molecule has 2 atom stereocenters. The van der Waals surface area contributed by atoms with Crippen LogP contribution in [-0.2, 0) is 18.5 Å². The molecule has 0 heterocycles. The zero-order chi connectivity index (χ0) is 21.8. The first-order valence-electron chi connectivity index (χ1n) is 9.96. The molecule has 0 aromatic heterocycles. The maximum Gasteiger partial charge on any atom is 0.350 e. The van der Waals surface area contributed by atoms with Crippen LogP contribution >= 0.6 is 7.60 Å². The Labute approximate surface area is 171 Å². The molecule has 162 valence electrons. The van der Waals surface area contributed by atoms with E-state index in [-0.39, 0.29) is 6.10 Å². The van der Waals surface area contributed by atoms with Crippen molar-refractivity contribution in [3.8, 4) is 0 Å². The largest absolute Gasteiger partial charge is 0.399 e.